The number of hydrogen-bond acceptors (Lipinski definition) is 2. The lowest BCUT2D eigenvalue weighted by Gasteiger charge is -2.03. The van der Waals surface area contributed by atoms with Gasteiger partial charge in [-0.05, 0) is 25.5 Å². The van der Waals surface area contributed by atoms with Gasteiger partial charge in [0.2, 0.25) is 0 Å². The predicted molar refractivity (Wildman–Crippen MR) is 56.8 cm³/mol. The summed E-state index contributed by atoms with van der Waals surface area (Å²) in [6.45, 7) is 4.76. The third kappa shape index (κ3) is 4.06. The largest absolute Gasteiger partial charge is 0.329 e. The van der Waals surface area contributed by atoms with E-state index in [1.807, 2.05) is 0 Å². The minimum Gasteiger partial charge on any atom is -0.329 e. The number of nitrogens with two attached hydrogens (primary N) is 1. The molecule has 0 fully saturated rings. The van der Waals surface area contributed by atoms with Crippen LogP contribution in [0.5, 0.6) is 0 Å². The molecule has 2 nitrogen and oxygen atoms in total. The summed E-state index contributed by atoms with van der Waals surface area (Å²) >= 11 is 0. The molecule has 0 bridgehead atoms. The Balaban J connectivity index is 2.28. The maximum atomic E-state index is 5.37. The Kier molecular flexibility index (Phi) is 4.50. The van der Waals surface area contributed by atoms with Crippen LogP contribution in [0.4, 0.5) is 0 Å². The van der Waals surface area contributed by atoms with Crippen LogP contribution in [0.2, 0.25) is 0 Å². The summed E-state index contributed by atoms with van der Waals surface area (Å²) in [5.41, 5.74) is 8.09. The van der Waals surface area contributed by atoms with Crippen molar-refractivity contribution in [2.75, 3.05) is 19.6 Å². The van der Waals surface area contributed by atoms with Gasteiger partial charge in [-0.2, -0.15) is 0 Å². The highest BCUT2D eigenvalue weighted by Crippen LogP contribution is 2.03. The minimum absolute atomic E-state index is 0.716. The first-order chi connectivity index (χ1) is 6.33. The Bertz CT molecular complexity index is 246. The van der Waals surface area contributed by atoms with Gasteiger partial charge in [-0.1, -0.05) is 29.8 Å². The summed E-state index contributed by atoms with van der Waals surface area (Å²) in [5, 5.41) is 3.28. The standard InChI is InChI=1S/C11H18N2/c1-10-3-2-4-11(9-10)5-7-13-8-6-12/h2-4,9,13H,5-8,12H2,1H3. The Morgan fingerprint density at radius 2 is 2.15 bits per heavy atom. The highest BCUT2D eigenvalue weighted by atomic mass is 14.9. The summed E-state index contributed by atoms with van der Waals surface area (Å²) in [6, 6.07) is 8.62. The highest BCUT2D eigenvalue weighted by Gasteiger charge is 1.92. The van der Waals surface area contributed by atoms with Crippen molar-refractivity contribution in [3.05, 3.63) is 35.4 Å². The molecule has 0 saturated carbocycles. The lowest BCUT2D eigenvalue weighted by molar-refractivity contribution is 0.689. The fourth-order valence-corrected chi connectivity index (χ4v) is 1.33. The third-order valence-corrected chi connectivity index (χ3v) is 1.99. The molecule has 0 radical (unpaired) electrons. The molecule has 1 rings (SSSR count). The summed E-state index contributed by atoms with van der Waals surface area (Å²) in [4.78, 5) is 0. The van der Waals surface area contributed by atoms with Crippen LogP contribution in [-0.2, 0) is 6.42 Å². The second-order valence-electron chi connectivity index (χ2n) is 3.28. The van der Waals surface area contributed by atoms with E-state index in [0.717, 1.165) is 19.5 Å². The van der Waals surface area contributed by atoms with Gasteiger partial charge in [-0.3, -0.25) is 0 Å². The second kappa shape index (κ2) is 5.73. The molecule has 72 valence electrons. The zero-order valence-corrected chi connectivity index (χ0v) is 8.22. The van der Waals surface area contributed by atoms with Crippen LogP contribution in [0, 0.1) is 6.92 Å². The van der Waals surface area contributed by atoms with Crippen LogP contribution in [0.3, 0.4) is 0 Å². The van der Waals surface area contributed by atoms with Crippen LogP contribution in [-0.4, -0.2) is 19.6 Å². The maximum Gasteiger partial charge on any atom is 0.00746 e. The molecule has 0 atom stereocenters. The Hall–Kier alpha value is -0.860. The van der Waals surface area contributed by atoms with Crippen molar-refractivity contribution in [2.45, 2.75) is 13.3 Å². The smallest absolute Gasteiger partial charge is 0.00746 e. The van der Waals surface area contributed by atoms with Crippen LogP contribution in [0.15, 0.2) is 24.3 Å². The van der Waals surface area contributed by atoms with Crippen LogP contribution < -0.4 is 11.1 Å². The van der Waals surface area contributed by atoms with Crippen molar-refractivity contribution < 1.29 is 0 Å². The van der Waals surface area contributed by atoms with Gasteiger partial charge in [0.1, 0.15) is 0 Å². The molecular formula is C11H18N2. The summed E-state index contributed by atoms with van der Waals surface area (Å²) < 4.78 is 0. The summed E-state index contributed by atoms with van der Waals surface area (Å²) in [5.74, 6) is 0. The first-order valence-electron chi connectivity index (χ1n) is 4.79. The maximum absolute atomic E-state index is 5.37. The minimum atomic E-state index is 0.716. The van der Waals surface area contributed by atoms with E-state index >= 15 is 0 Å². The molecule has 0 aliphatic heterocycles. The molecule has 0 aliphatic rings. The fourth-order valence-electron chi connectivity index (χ4n) is 1.33. The monoisotopic (exact) mass is 178 g/mol. The molecule has 1 aromatic rings. The van der Waals surface area contributed by atoms with E-state index < -0.39 is 0 Å². The zero-order chi connectivity index (χ0) is 9.52. The Labute approximate surface area is 80.1 Å². The molecule has 0 spiro atoms. The molecule has 0 aromatic heterocycles. The Morgan fingerprint density at radius 1 is 1.31 bits per heavy atom. The molecule has 13 heavy (non-hydrogen) atoms. The number of benzene rings is 1. The van der Waals surface area contributed by atoms with E-state index in [0.29, 0.717) is 6.54 Å². The Morgan fingerprint density at radius 3 is 2.85 bits per heavy atom. The third-order valence-electron chi connectivity index (χ3n) is 1.99. The van der Waals surface area contributed by atoms with E-state index in [1.54, 1.807) is 0 Å². The van der Waals surface area contributed by atoms with E-state index in [4.69, 9.17) is 5.73 Å². The van der Waals surface area contributed by atoms with Gasteiger partial charge in [-0.15, -0.1) is 0 Å². The van der Waals surface area contributed by atoms with E-state index in [1.165, 1.54) is 11.1 Å². The van der Waals surface area contributed by atoms with Crippen LogP contribution >= 0.6 is 0 Å². The van der Waals surface area contributed by atoms with E-state index in [9.17, 15) is 0 Å². The first kappa shape index (κ1) is 10.2. The lowest BCUT2D eigenvalue weighted by atomic mass is 10.1. The van der Waals surface area contributed by atoms with Crippen molar-refractivity contribution in [2.24, 2.45) is 5.73 Å². The molecule has 0 unspecified atom stereocenters. The SMILES string of the molecule is Cc1cccc(CCNCCN)c1. The molecule has 2 heteroatoms. The predicted octanol–water partition coefficient (Wildman–Crippen LogP) is 1.09. The summed E-state index contributed by atoms with van der Waals surface area (Å²) in [7, 11) is 0. The van der Waals surface area contributed by atoms with Crippen molar-refractivity contribution in [1.29, 1.82) is 0 Å². The second-order valence-corrected chi connectivity index (χ2v) is 3.28. The lowest BCUT2D eigenvalue weighted by Crippen LogP contribution is -2.24. The van der Waals surface area contributed by atoms with Crippen molar-refractivity contribution in [3.8, 4) is 0 Å². The van der Waals surface area contributed by atoms with Gasteiger partial charge < -0.3 is 11.1 Å². The average molecular weight is 178 g/mol. The van der Waals surface area contributed by atoms with Gasteiger partial charge >= 0.3 is 0 Å². The van der Waals surface area contributed by atoms with Gasteiger partial charge in [0.25, 0.3) is 0 Å². The van der Waals surface area contributed by atoms with Crippen molar-refractivity contribution in [3.63, 3.8) is 0 Å². The quantitative estimate of drug-likeness (QED) is 0.662. The fraction of sp³-hybridized carbons (Fsp3) is 0.455. The summed E-state index contributed by atoms with van der Waals surface area (Å²) in [6.07, 6.45) is 1.08. The van der Waals surface area contributed by atoms with Crippen LogP contribution in [0.1, 0.15) is 11.1 Å². The molecular weight excluding hydrogens is 160 g/mol. The van der Waals surface area contributed by atoms with Gasteiger partial charge in [0, 0.05) is 13.1 Å². The van der Waals surface area contributed by atoms with Crippen molar-refractivity contribution >= 4 is 0 Å². The number of nitrogens with one attached hydrogen (secondary N) is 1. The normalized spacial score (nSPS) is 10.3. The molecule has 0 aliphatic carbocycles. The zero-order valence-electron chi connectivity index (χ0n) is 8.22. The van der Waals surface area contributed by atoms with Crippen LogP contribution in [0.25, 0.3) is 0 Å². The highest BCUT2D eigenvalue weighted by molar-refractivity contribution is 5.22. The van der Waals surface area contributed by atoms with E-state index in [-0.39, 0.29) is 0 Å². The molecule has 0 heterocycles. The number of rotatable bonds is 5. The van der Waals surface area contributed by atoms with E-state index in [2.05, 4.69) is 36.5 Å². The molecule has 1 aromatic carbocycles. The van der Waals surface area contributed by atoms with Gasteiger partial charge in [0.05, 0.1) is 0 Å². The van der Waals surface area contributed by atoms with Crippen molar-refractivity contribution in [1.82, 2.24) is 5.32 Å². The topological polar surface area (TPSA) is 38.0 Å². The number of hydrogen-bond donors (Lipinski definition) is 2. The molecule has 3 N–H and O–H groups in total. The number of aryl methyl sites for hydroxylation is 1. The van der Waals surface area contributed by atoms with Gasteiger partial charge in [0.15, 0.2) is 0 Å². The van der Waals surface area contributed by atoms with Gasteiger partial charge in [-0.25, -0.2) is 0 Å². The average Bonchev–Trinajstić information content (AvgIpc) is 2.13. The molecule has 0 amide bonds. The first-order valence-corrected chi connectivity index (χ1v) is 4.79. The molecule has 0 saturated heterocycles.